The third kappa shape index (κ3) is 4.14. The largest absolute Gasteiger partial charge is 0.371 e. The van der Waals surface area contributed by atoms with Crippen molar-refractivity contribution in [2.45, 2.75) is 58.7 Å². The van der Waals surface area contributed by atoms with E-state index < -0.39 is 0 Å². The molecule has 1 amide bonds. The maximum Gasteiger partial charge on any atom is 0.223 e. The van der Waals surface area contributed by atoms with Crippen molar-refractivity contribution >= 4 is 5.91 Å². The quantitative estimate of drug-likeness (QED) is 0.920. The molecule has 3 heteroatoms. The van der Waals surface area contributed by atoms with Gasteiger partial charge in [-0.2, -0.15) is 0 Å². The zero-order chi connectivity index (χ0) is 16.2. The van der Waals surface area contributed by atoms with Crippen molar-refractivity contribution in [2.24, 2.45) is 17.8 Å². The molecule has 1 unspecified atom stereocenters. The summed E-state index contributed by atoms with van der Waals surface area (Å²) in [6.07, 6.45) is 5.50. The van der Waals surface area contributed by atoms with E-state index in [0.717, 1.165) is 31.1 Å². The standard InChI is InChI=1S/C20H29NO2/c1-14(2)15-7-9-16(10-8-15)20(22)21-12-19-11-17-5-3-4-6-18(17)13-23-19/h3-6,14-16,19H,7-13H2,1-2H3,(H,21,22). The summed E-state index contributed by atoms with van der Waals surface area (Å²) in [6.45, 7) is 5.89. The normalized spacial score (nSPS) is 27.5. The van der Waals surface area contributed by atoms with E-state index in [1.807, 2.05) is 0 Å². The van der Waals surface area contributed by atoms with Crippen LogP contribution in [-0.2, 0) is 22.6 Å². The highest BCUT2D eigenvalue weighted by Crippen LogP contribution is 2.33. The Kier molecular flexibility index (Phi) is 5.37. The molecule has 1 heterocycles. The summed E-state index contributed by atoms with van der Waals surface area (Å²) in [5, 5.41) is 3.13. The van der Waals surface area contributed by atoms with Gasteiger partial charge in [-0.25, -0.2) is 0 Å². The summed E-state index contributed by atoms with van der Waals surface area (Å²) in [5.41, 5.74) is 2.64. The predicted octanol–water partition coefficient (Wildman–Crippen LogP) is 3.71. The van der Waals surface area contributed by atoms with Crippen LogP contribution in [0.4, 0.5) is 0 Å². The summed E-state index contributed by atoms with van der Waals surface area (Å²) in [4.78, 5) is 12.4. The molecule has 0 radical (unpaired) electrons. The third-order valence-electron chi connectivity index (χ3n) is 5.63. The monoisotopic (exact) mass is 315 g/mol. The third-order valence-corrected chi connectivity index (χ3v) is 5.63. The maximum atomic E-state index is 12.4. The molecule has 0 bridgehead atoms. The van der Waals surface area contributed by atoms with Gasteiger partial charge in [-0.15, -0.1) is 0 Å². The van der Waals surface area contributed by atoms with Crippen LogP contribution in [0.25, 0.3) is 0 Å². The lowest BCUT2D eigenvalue weighted by atomic mass is 9.76. The minimum Gasteiger partial charge on any atom is -0.371 e. The molecule has 1 aliphatic heterocycles. The van der Waals surface area contributed by atoms with Gasteiger partial charge >= 0.3 is 0 Å². The molecule has 1 N–H and O–H groups in total. The molecule has 3 rings (SSSR count). The first kappa shape index (κ1) is 16.5. The van der Waals surface area contributed by atoms with Crippen molar-refractivity contribution in [3.8, 4) is 0 Å². The van der Waals surface area contributed by atoms with E-state index in [9.17, 15) is 4.79 Å². The second kappa shape index (κ2) is 7.48. The Morgan fingerprint density at radius 1 is 1.17 bits per heavy atom. The number of ether oxygens (including phenoxy) is 1. The fourth-order valence-electron chi connectivity index (χ4n) is 3.95. The first-order valence-electron chi connectivity index (χ1n) is 9.09. The van der Waals surface area contributed by atoms with Crippen LogP contribution < -0.4 is 5.32 Å². The number of nitrogens with one attached hydrogen (secondary N) is 1. The van der Waals surface area contributed by atoms with Crippen LogP contribution in [0, 0.1) is 17.8 Å². The average Bonchev–Trinajstić information content (AvgIpc) is 2.59. The molecular weight excluding hydrogens is 286 g/mol. The number of hydrogen-bond acceptors (Lipinski definition) is 2. The number of carbonyl (C=O) groups is 1. The Morgan fingerprint density at radius 3 is 2.57 bits per heavy atom. The minimum absolute atomic E-state index is 0.112. The second-order valence-electron chi connectivity index (χ2n) is 7.51. The van der Waals surface area contributed by atoms with Gasteiger partial charge < -0.3 is 10.1 Å². The van der Waals surface area contributed by atoms with E-state index in [0.29, 0.717) is 13.2 Å². The highest BCUT2D eigenvalue weighted by Gasteiger charge is 2.28. The van der Waals surface area contributed by atoms with Crippen molar-refractivity contribution in [3.05, 3.63) is 35.4 Å². The molecule has 0 spiro atoms. The Balaban J connectivity index is 1.44. The second-order valence-corrected chi connectivity index (χ2v) is 7.51. The summed E-state index contributed by atoms with van der Waals surface area (Å²) in [5.74, 6) is 1.99. The first-order chi connectivity index (χ1) is 11.1. The minimum atomic E-state index is 0.112. The van der Waals surface area contributed by atoms with Gasteiger partial charge in [-0.1, -0.05) is 38.1 Å². The molecule has 1 saturated carbocycles. The molecule has 1 aromatic carbocycles. The molecule has 23 heavy (non-hydrogen) atoms. The van der Waals surface area contributed by atoms with Gasteiger partial charge in [-0.3, -0.25) is 4.79 Å². The maximum absolute atomic E-state index is 12.4. The molecule has 1 fully saturated rings. The number of rotatable bonds is 4. The van der Waals surface area contributed by atoms with Crippen molar-refractivity contribution < 1.29 is 9.53 Å². The molecule has 1 aliphatic carbocycles. The SMILES string of the molecule is CC(C)C1CCC(C(=O)NCC2Cc3ccccc3CO2)CC1. The summed E-state index contributed by atoms with van der Waals surface area (Å²) >= 11 is 0. The highest BCUT2D eigenvalue weighted by molar-refractivity contribution is 5.78. The van der Waals surface area contributed by atoms with E-state index in [1.165, 1.54) is 24.0 Å². The summed E-state index contributed by atoms with van der Waals surface area (Å²) in [6, 6.07) is 8.42. The van der Waals surface area contributed by atoms with Gasteiger partial charge in [-0.05, 0) is 48.6 Å². The fraction of sp³-hybridized carbons (Fsp3) is 0.650. The van der Waals surface area contributed by atoms with Gasteiger partial charge in [0.25, 0.3) is 0 Å². The van der Waals surface area contributed by atoms with Crippen molar-refractivity contribution in [3.63, 3.8) is 0 Å². The van der Waals surface area contributed by atoms with Gasteiger partial charge in [0.1, 0.15) is 0 Å². The molecule has 3 nitrogen and oxygen atoms in total. The van der Waals surface area contributed by atoms with Crippen LogP contribution in [0.3, 0.4) is 0 Å². The molecule has 126 valence electrons. The molecular formula is C20H29NO2. The summed E-state index contributed by atoms with van der Waals surface area (Å²) in [7, 11) is 0. The highest BCUT2D eigenvalue weighted by atomic mass is 16.5. The van der Waals surface area contributed by atoms with E-state index in [4.69, 9.17) is 4.74 Å². The molecule has 1 aromatic rings. The Morgan fingerprint density at radius 2 is 1.87 bits per heavy atom. The van der Waals surface area contributed by atoms with E-state index in [2.05, 4.69) is 43.4 Å². The molecule has 1 atom stereocenters. The summed E-state index contributed by atoms with van der Waals surface area (Å²) < 4.78 is 5.88. The van der Waals surface area contributed by atoms with Gasteiger partial charge in [0, 0.05) is 18.9 Å². The van der Waals surface area contributed by atoms with E-state index >= 15 is 0 Å². The molecule has 2 aliphatic rings. The zero-order valence-corrected chi connectivity index (χ0v) is 14.4. The smallest absolute Gasteiger partial charge is 0.223 e. The van der Waals surface area contributed by atoms with E-state index in [1.54, 1.807) is 0 Å². The number of amides is 1. The predicted molar refractivity (Wildman–Crippen MR) is 92.0 cm³/mol. The Labute approximate surface area is 139 Å². The Bertz CT molecular complexity index is 532. The van der Waals surface area contributed by atoms with E-state index in [-0.39, 0.29) is 17.9 Å². The number of carbonyl (C=O) groups excluding carboxylic acids is 1. The van der Waals surface area contributed by atoms with Crippen LogP contribution in [0.2, 0.25) is 0 Å². The lowest BCUT2D eigenvalue weighted by Crippen LogP contribution is -2.40. The average molecular weight is 315 g/mol. The lowest BCUT2D eigenvalue weighted by Gasteiger charge is -2.31. The van der Waals surface area contributed by atoms with Crippen molar-refractivity contribution in [1.82, 2.24) is 5.32 Å². The van der Waals surface area contributed by atoms with Gasteiger partial charge in [0.2, 0.25) is 5.91 Å². The zero-order valence-electron chi connectivity index (χ0n) is 14.4. The lowest BCUT2D eigenvalue weighted by molar-refractivity contribution is -0.127. The topological polar surface area (TPSA) is 38.3 Å². The number of hydrogen-bond donors (Lipinski definition) is 1. The number of fused-ring (bicyclic) bond motifs is 1. The first-order valence-corrected chi connectivity index (χ1v) is 9.09. The van der Waals surface area contributed by atoms with Crippen LogP contribution in [0.5, 0.6) is 0 Å². The van der Waals surface area contributed by atoms with Crippen LogP contribution in [0.1, 0.15) is 50.7 Å². The van der Waals surface area contributed by atoms with Crippen LogP contribution in [-0.4, -0.2) is 18.6 Å². The fourth-order valence-corrected chi connectivity index (χ4v) is 3.95. The van der Waals surface area contributed by atoms with Gasteiger partial charge in [0.15, 0.2) is 0 Å². The van der Waals surface area contributed by atoms with Crippen LogP contribution >= 0.6 is 0 Å². The Hall–Kier alpha value is -1.35. The van der Waals surface area contributed by atoms with Crippen molar-refractivity contribution in [2.75, 3.05) is 6.54 Å². The van der Waals surface area contributed by atoms with Crippen molar-refractivity contribution in [1.29, 1.82) is 0 Å². The van der Waals surface area contributed by atoms with Gasteiger partial charge in [0.05, 0.1) is 12.7 Å². The number of benzene rings is 1. The molecule has 0 aromatic heterocycles. The molecule has 0 saturated heterocycles. The van der Waals surface area contributed by atoms with Crippen LogP contribution in [0.15, 0.2) is 24.3 Å².